The zero-order valence-electron chi connectivity index (χ0n) is 15.6. The van der Waals surface area contributed by atoms with Crippen LogP contribution in [0.2, 0.25) is 0 Å². The molecule has 0 bridgehead atoms. The Bertz CT molecular complexity index is 632. The first-order valence-corrected chi connectivity index (χ1v) is 8.57. The molecule has 0 spiro atoms. The van der Waals surface area contributed by atoms with E-state index < -0.39 is 24.1 Å². The van der Waals surface area contributed by atoms with Crippen LogP contribution in [0.25, 0.3) is 0 Å². The molecule has 0 atom stereocenters. The summed E-state index contributed by atoms with van der Waals surface area (Å²) in [6.45, 7) is 7.87. The molecule has 0 saturated carbocycles. The maximum Gasteiger partial charge on any atom is 0.495 e. The first kappa shape index (κ1) is 19.7. The number of nitrogen functional groups attached to an aromatic ring is 1. The monoisotopic (exact) mass is 351 g/mol. The van der Waals surface area contributed by atoms with Gasteiger partial charge in [-0.25, -0.2) is 4.39 Å². The number of hydrogen-bond acceptors (Lipinski definition) is 5. The molecular formula is C18H27BFNO4. The van der Waals surface area contributed by atoms with E-state index in [9.17, 15) is 9.18 Å². The van der Waals surface area contributed by atoms with Crippen molar-refractivity contribution in [3.05, 3.63) is 23.5 Å². The van der Waals surface area contributed by atoms with Crippen LogP contribution in [0.3, 0.4) is 0 Å². The first-order chi connectivity index (χ1) is 11.6. The molecule has 5 nitrogen and oxygen atoms in total. The van der Waals surface area contributed by atoms with Crippen molar-refractivity contribution in [3.8, 4) is 0 Å². The van der Waals surface area contributed by atoms with E-state index in [1.807, 2.05) is 27.7 Å². The number of halogens is 1. The van der Waals surface area contributed by atoms with Gasteiger partial charge in [-0.15, -0.1) is 0 Å². The molecule has 1 heterocycles. The summed E-state index contributed by atoms with van der Waals surface area (Å²) >= 11 is 0. The number of benzene rings is 1. The van der Waals surface area contributed by atoms with Crippen LogP contribution in [-0.2, 0) is 25.3 Å². The molecule has 0 aliphatic carbocycles. The van der Waals surface area contributed by atoms with Gasteiger partial charge in [0.15, 0.2) is 0 Å². The highest BCUT2D eigenvalue weighted by Gasteiger charge is 2.52. The molecule has 0 radical (unpaired) electrons. The number of esters is 1. The largest absolute Gasteiger partial charge is 0.495 e. The Morgan fingerprint density at radius 2 is 1.80 bits per heavy atom. The van der Waals surface area contributed by atoms with Crippen LogP contribution in [0, 0.1) is 5.82 Å². The van der Waals surface area contributed by atoms with E-state index in [0.29, 0.717) is 19.3 Å². The number of rotatable bonds is 6. The van der Waals surface area contributed by atoms with Crippen molar-refractivity contribution in [2.45, 2.75) is 64.6 Å². The number of anilines is 1. The summed E-state index contributed by atoms with van der Waals surface area (Å²) < 4.78 is 30.7. The molecule has 0 unspecified atom stereocenters. The van der Waals surface area contributed by atoms with Crippen molar-refractivity contribution in [2.75, 3.05) is 12.8 Å². The molecule has 0 aromatic heterocycles. The number of carbonyl (C=O) groups is 1. The van der Waals surface area contributed by atoms with Crippen molar-refractivity contribution in [2.24, 2.45) is 0 Å². The van der Waals surface area contributed by atoms with Gasteiger partial charge >= 0.3 is 13.1 Å². The van der Waals surface area contributed by atoms with E-state index in [2.05, 4.69) is 4.74 Å². The number of aryl methyl sites for hydroxylation is 1. The van der Waals surface area contributed by atoms with Crippen LogP contribution in [0.15, 0.2) is 12.1 Å². The Kier molecular flexibility index (Phi) is 5.79. The highest BCUT2D eigenvalue weighted by atomic mass is 19.1. The van der Waals surface area contributed by atoms with Crippen LogP contribution in [0.4, 0.5) is 10.1 Å². The van der Waals surface area contributed by atoms with Crippen LogP contribution >= 0.6 is 0 Å². The number of hydrogen-bond donors (Lipinski definition) is 1. The third-order valence-electron chi connectivity index (χ3n) is 5.07. The average molecular weight is 351 g/mol. The molecule has 1 aromatic rings. The van der Waals surface area contributed by atoms with Crippen LogP contribution in [0.5, 0.6) is 0 Å². The van der Waals surface area contributed by atoms with Crippen LogP contribution in [0.1, 0.15) is 52.5 Å². The lowest BCUT2D eigenvalue weighted by Gasteiger charge is -2.32. The highest BCUT2D eigenvalue weighted by Crippen LogP contribution is 2.37. The van der Waals surface area contributed by atoms with Gasteiger partial charge in [0.05, 0.1) is 24.0 Å². The summed E-state index contributed by atoms with van der Waals surface area (Å²) in [4.78, 5) is 11.2. The van der Waals surface area contributed by atoms with Gasteiger partial charge in [-0.3, -0.25) is 4.79 Å². The highest BCUT2D eigenvalue weighted by molar-refractivity contribution is 6.62. The zero-order chi connectivity index (χ0) is 18.8. The lowest BCUT2D eigenvalue weighted by atomic mass is 9.74. The molecular weight excluding hydrogens is 324 g/mol. The normalized spacial score (nSPS) is 18.4. The molecule has 1 aliphatic heterocycles. The molecule has 2 rings (SSSR count). The predicted octanol–water partition coefficient (Wildman–Crippen LogP) is 2.59. The molecule has 1 fully saturated rings. The minimum Gasteiger partial charge on any atom is -0.469 e. The van der Waals surface area contributed by atoms with Crippen LogP contribution < -0.4 is 11.2 Å². The second-order valence-electron chi connectivity index (χ2n) is 7.44. The average Bonchev–Trinajstić information content (AvgIpc) is 2.74. The molecule has 7 heteroatoms. The van der Waals surface area contributed by atoms with Gasteiger partial charge in [0.25, 0.3) is 0 Å². The van der Waals surface area contributed by atoms with E-state index in [1.54, 1.807) is 6.07 Å². The molecule has 1 saturated heterocycles. The number of unbranched alkanes of at least 4 members (excludes halogenated alkanes) is 1. The van der Waals surface area contributed by atoms with Crippen molar-refractivity contribution in [3.63, 3.8) is 0 Å². The van der Waals surface area contributed by atoms with Crippen molar-refractivity contribution in [1.82, 2.24) is 0 Å². The maximum absolute atomic E-state index is 14.0. The van der Waals surface area contributed by atoms with Crippen molar-refractivity contribution < 1.29 is 23.2 Å². The Labute approximate surface area is 149 Å². The third kappa shape index (κ3) is 4.33. The zero-order valence-corrected chi connectivity index (χ0v) is 15.6. The van der Waals surface area contributed by atoms with Crippen LogP contribution in [-0.4, -0.2) is 31.4 Å². The molecule has 2 N–H and O–H groups in total. The molecule has 25 heavy (non-hydrogen) atoms. The summed E-state index contributed by atoms with van der Waals surface area (Å²) in [6.07, 6.45) is 2.35. The van der Waals surface area contributed by atoms with Gasteiger partial charge in [-0.2, -0.15) is 0 Å². The second-order valence-corrected chi connectivity index (χ2v) is 7.44. The molecule has 0 amide bonds. The number of ether oxygens (including phenoxy) is 1. The third-order valence-corrected chi connectivity index (χ3v) is 5.07. The van der Waals surface area contributed by atoms with E-state index in [0.717, 1.165) is 17.4 Å². The van der Waals surface area contributed by atoms with E-state index >= 15 is 0 Å². The molecule has 1 aliphatic rings. The minimum atomic E-state index is -0.594. The summed E-state index contributed by atoms with van der Waals surface area (Å²) in [6, 6.07) is 3.03. The quantitative estimate of drug-likeness (QED) is 0.369. The van der Waals surface area contributed by atoms with Gasteiger partial charge in [0, 0.05) is 6.42 Å². The Morgan fingerprint density at radius 1 is 1.20 bits per heavy atom. The Hall–Kier alpha value is -1.60. The summed E-state index contributed by atoms with van der Waals surface area (Å²) in [5.74, 6) is -0.696. The minimum absolute atomic E-state index is 0.0722. The van der Waals surface area contributed by atoms with E-state index in [-0.39, 0.29) is 11.7 Å². The topological polar surface area (TPSA) is 70.8 Å². The fourth-order valence-corrected chi connectivity index (χ4v) is 2.74. The number of nitrogens with two attached hydrogens (primary N) is 1. The fraction of sp³-hybridized carbons (Fsp3) is 0.611. The number of carbonyl (C=O) groups excluding carboxylic acids is 1. The standard InChI is InChI=1S/C18H27BFNO4/c1-17(2)18(3,4)25-19(24-17)13-11-15(21)14(20)10-12(13)8-6-7-9-16(22)23-5/h10-11H,6-9,21H2,1-5H3. The van der Waals surface area contributed by atoms with E-state index in [4.69, 9.17) is 15.0 Å². The smallest absolute Gasteiger partial charge is 0.469 e. The second kappa shape index (κ2) is 7.34. The maximum atomic E-state index is 14.0. The Balaban J connectivity index is 2.17. The van der Waals surface area contributed by atoms with Gasteiger partial charge in [-0.1, -0.05) is 0 Å². The van der Waals surface area contributed by atoms with Crippen molar-refractivity contribution >= 4 is 24.2 Å². The number of methoxy groups -OCH3 is 1. The van der Waals surface area contributed by atoms with E-state index in [1.165, 1.54) is 13.2 Å². The van der Waals surface area contributed by atoms with Gasteiger partial charge in [-0.05, 0) is 70.1 Å². The fourth-order valence-electron chi connectivity index (χ4n) is 2.74. The SMILES string of the molecule is COC(=O)CCCCc1cc(F)c(N)cc1B1OC(C)(C)C(C)(C)O1. The summed E-state index contributed by atoms with van der Waals surface area (Å²) in [5.41, 5.74) is 6.40. The lowest BCUT2D eigenvalue weighted by molar-refractivity contribution is -0.140. The van der Waals surface area contributed by atoms with Gasteiger partial charge < -0.3 is 19.8 Å². The summed E-state index contributed by atoms with van der Waals surface area (Å²) in [7, 11) is 0.775. The summed E-state index contributed by atoms with van der Waals surface area (Å²) in [5, 5.41) is 0. The molecule has 1 aromatic carbocycles. The molecule has 138 valence electrons. The van der Waals surface area contributed by atoms with Gasteiger partial charge in [0.2, 0.25) is 0 Å². The Morgan fingerprint density at radius 3 is 2.36 bits per heavy atom. The predicted molar refractivity (Wildman–Crippen MR) is 96.1 cm³/mol. The van der Waals surface area contributed by atoms with Gasteiger partial charge in [0.1, 0.15) is 5.82 Å². The first-order valence-electron chi connectivity index (χ1n) is 8.57. The lowest BCUT2D eigenvalue weighted by Crippen LogP contribution is -2.41. The van der Waals surface area contributed by atoms with Crippen molar-refractivity contribution in [1.29, 1.82) is 0 Å².